The Morgan fingerprint density at radius 1 is 0.844 bits per heavy atom. The second-order valence-corrected chi connectivity index (χ2v) is 8.39. The van der Waals surface area contributed by atoms with Crippen LogP contribution in [-0.4, -0.2) is 19.5 Å². The smallest absolute Gasteiger partial charge is 0.194 e. The molecule has 0 saturated carbocycles. The Labute approximate surface area is 185 Å². The van der Waals surface area contributed by atoms with Crippen LogP contribution in [0.15, 0.2) is 48.1 Å². The van der Waals surface area contributed by atoms with E-state index in [0.29, 0.717) is 31.1 Å². The topological polar surface area (TPSA) is 18.5 Å². The second kappa shape index (κ2) is 10.0. The molecule has 2 nitrogen and oxygen atoms in total. The number of benzene rings is 2. The van der Waals surface area contributed by atoms with E-state index in [2.05, 4.69) is 6.92 Å². The third-order valence-electron chi connectivity index (χ3n) is 6.05. The van der Waals surface area contributed by atoms with Crippen molar-refractivity contribution in [3.8, 4) is 11.1 Å². The first-order valence-electron chi connectivity index (χ1n) is 11.0. The van der Waals surface area contributed by atoms with Gasteiger partial charge in [0.1, 0.15) is 5.82 Å². The molecule has 1 aliphatic heterocycles. The average Bonchev–Trinajstić information content (AvgIpc) is 2.81. The van der Waals surface area contributed by atoms with E-state index in [9.17, 15) is 17.6 Å². The van der Waals surface area contributed by atoms with Gasteiger partial charge in [0.15, 0.2) is 23.7 Å². The first-order chi connectivity index (χ1) is 15.5. The summed E-state index contributed by atoms with van der Waals surface area (Å²) < 4.78 is 66.8. The zero-order chi connectivity index (χ0) is 22.7. The first-order valence-corrected chi connectivity index (χ1v) is 11.0. The van der Waals surface area contributed by atoms with Crippen molar-refractivity contribution in [1.29, 1.82) is 0 Å². The van der Waals surface area contributed by atoms with Crippen molar-refractivity contribution < 1.29 is 27.0 Å². The first kappa shape index (κ1) is 22.7. The number of hydrogen-bond donors (Lipinski definition) is 0. The molecular weight excluding hydrogens is 420 g/mol. The van der Waals surface area contributed by atoms with Gasteiger partial charge >= 0.3 is 0 Å². The summed E-state index contributed by atoms with van der Waals surface area (Å²) in [5, 5.41) is 0. The molecule has 0 radical (unpaired) electrons. The van der Waals surface area contributed by atoms with Crippen molar-refractivity contribution in [2.24, 2.45) is 5.92 Å². The van der Waals surface area contributed by atoms with Crippen molar-refractivity contribution in [2.45, 2.75) is 45.3 Å². The molecule has 6 heteroatoms. The summed E-state index contributed by atoms with van der Waals surface area (Å²) in [5.74, 6) is -4.44. The van der Waals surface area contributed by atoms with Crippen LogP contribution in [0.2, 0.25) is 0 Å². The summed E-state index contributed by atoms with van der Waals surface area (Å²) in [6, 6.07) is 6.09. The Bertz CT molecular complexity index is 1010. The lowest BCUT2D eigenvalue weighted by atomic mass is 9.91. The normalized spacial score (nSPS) is 21.3. The molecule has 0 amide bonds. The van der Waals surface area contributed by atoms with Crippen LogP contribution >= 0.6 is 0 Å². The molecule has 0 bridgehead atoms. The molecule has 4 rings (SSSR count). The van der Waals surface area contributed by atoms with Gasteiger partial charge in [-0.05, 0) is 59.7 Å². The minimum Gasteiger partial charge on any atom is -0.348 e. The lowest BCUT2D eigenvalue weighted by Gasteiger charge is -2.32. The molecule has 0 spiro atoms. The molecule has 0 aromatic heterocycles. The molecular formula is C26H26F4O2. The van der Waals surface area contributed by atoms with Crippen molar-refractivity contribution in [1.82, 2.24) is 0 Å². The fourth-order valence-corrected chi connectivity index (χ4v) is 4.17. The largest absolute Gasteiger partial charge is 0.348 e. The highest BCUT2D eigenvalue weighted by molar-refractivity contribution is 5.73. The van der Waals surface area contributed by atoms with E-state index in [1.807, 2.05) is 12.2 Å². The van der Waals surface area contributed by atoms with E-state index in [1.165, 1.54) is 18.6 Å². The van der Waals surface area contributed by atoms with Gasteiger partial charge < -0.3 is 9.47 Å². The van der Waals surface area contributed by atoms with Crippen molar-refractivity contribution in [3.63, 3.8) is 0 Å². The molecule has 2 aromatic carbocycles. The van der Waals surface area contributed by atoms with Gasteiger partial charge in [-0.1, -0.05) is 44.1 Å². The lowest BCUT2D eigenvalue weighted by molar-refractivity contribution is -0.182. The molecule has 1 fully saturated rings. The van der Waals surface area contributed by atoms with Crippen LogP contribution in [0.3, 0.4) is 0 Å². The number of unbranched alkanes of at least 4 members (excludes halogenated alkanes) is 1. The van der Waals surface area contributed by atoms with Crippen LogP contribution in [0.5, 0.6) is 0 Å². The van der Waals surface area contributed by atoms with Gasteiger partial charge in [0.25, 0.3) is 0 Å². The monoisotopic (exact) mass is 446 g/mol. The van der Waals surface area contributed by atoms with Gasteiger partial charge in [-0.25, -0.2) is 17.6 Å². The molecule has 1 aliphatic carbocycles. The Hall–Kier alpha value is -2.44. The minimum absolute atomic E-state index is 0.0147. The van der Waals surface area contributed by atoms with Gasteiger partial charge in [0.05, 0.1) is 13.2 Å². The van der Waals surface area contributed by atoms with Gasteiger partial charge in [-0.3, -0.25) is 0 Å². The van der Waals surface area contributed by atoms with Gasteiger partial charge in [0.2, 0.25) is 0 Å². The summed E-state index contributed by atoms with van der Waals surface area (Å²) in [6.45, 7) is 3.58. The summed E-state index contributed by atoms with van der Waals surface area (Å²) in [4.78, 5) is 0. The van der Waals surface area contributed by atoms with E-state index in [4.69, 9.17) is 9.47 Å². The number of ether oxygens (including phenoxy) is 2. The fourth-order valence-electron chi connectivity index (χ4n) is 4.17. The van der Waals surface area contributed by atoms with Gasteiger partial charge in [-0.2, -0.15) is 0 Å². The second-order valence-electron chi connectivity index (χ2n) is 8.39. The fraction of sp³-hybridized carbons (Fsp3) is 0.385. The summed E-state index contributed by atoms with van der Waals surface area (Å²) >= 11 is 0. The summed E-state index contributed by atoms with van der Waals surface area (Å²) in [6.07, 6.45) is 8.47. The Kier molecular flexibility index (Phi) is 7.11. The maximum Gasteiger partial charge on any atom is 0.194 e. The lowest BCUT2D eigenvalue weighted by Crippen LogP contribution is -2.33. The van der Waals surface area contributed by atoms with Gasteiger partial charge in [0, 0.05) is 11.5 Å². The van der Waals surface area contributed by atoms with Crippen molar-refractivity contribution >= 4 is 5.57 Å². The Morgan fingerprint density at radius 3 is 2.12 bits per heavy atom. The molecule has 0 N–H and O–H groups in total. The molecule has 1 heterocycles. The predicted molar refractivity (Wildman–Crippen MR) is 116 cm³/mol. The summed E-state index contributed by atoms with van der Waals surface area (Å²) in [5.41, 5.74) is 2.67. The highest BCUT2D eigenvalue weighted by atomic mass is 19.2. The summed E-state index contributed by atoms with van der Waals surface area (Å²) in [7, 11) is 0. The molecule has 2 aliphatic rings. The zero-order valence-corrected chi connectivity index (χ0v) is 18.0. The molecule has 2 aromatic rings. The van der Waals surface area contributed by atoms with E-state index < -0.39 is 23.3 Å². The van der Waals surface area contributed by atoms with Crippen LogP contribution in [-0.2, 0) is 9.47 Å². The average molecular weight is 446 g/mol. The van der Waals surface area contributed by atoms with E-state index in [0.717, 1.165) is 42.5 Å². The van der Waals surface area contributed by atoms with Gasteiger partial charge in [-0.15, -0.1) is 0 Å². The highest BCUT2D eigenvalue weighted by Gasteiger charge is 2.26. The highest BCUT2D eigenvalue weighted by Crippen LogP contribution is 2.34. The predicted octanol–water partition coefficient (Wildman–Crippen LogP) is 7.19. The minimum atomic E-state index is -1.57. The van der Waals surface area contributed by atoms with Crippen LogP contribution in [0.4, 0.5) is 17.6 Å². The number of rotatable bonds is 6. The van der Waals surface area contributed by atoms with Crippen molar-refractivity contribution in [2.75, 3.05) is 13.2 Å². The van der Waals surface area contributed by atoms with Crippen LogP contribution in [0, 0.1) is 29.2 Å². The molecule has 170 valence electrons. The van der Waals surface area contributed by atoms with E-state index in [1.54, 1.807) is 6.07 Å². The quantitative estimate of drug-likeness (QED) is 0.345. The van der Waals surface area contributed by atoms with Crippen LogP contribution in [0.1, 0.15) is 44.6 Å². The van der Waals surface area contributed by atoms with Crippen LogP contribution < -0.4 is 0 Å². The number of allylic oxidation sites excluding steroid dienone is 3. The third-order valence-corrected chi connectivity index (χ3v) is 6.05. The maximum absolute atomic E-state index is 14.7. The third kappa shape index (κ3) is 4.97. The molecule has 0 unspecified atom stereocenters. The standard InChI is InChI=1S/C26H26F4O2/c1-2-3-4-16-14-31-26(32-15-16)18-7-5-17(6-8-18)19-9-10-21(22(27)11-19)20-12-23(28)25(30)24(29)13-20/h5,7,9-13,16,26H,2-4,6,8,14-15H2,1H3. The Morgan fingerprint density at radius 2 is 1.53 bits per heavy atom. The molecule has 1 saturated heterocycles. The number of hydrogen-bond acceptors (Lipinski definition) is 2. The van der Waals surface area contributed by atoms with E-state index in [-0.39, 0.29) is 17.4 Å². The zero-order valence-electron chi connectivity index (χ0n) is 18.0. The Balaban J connectivity index is 1.46. The van der Waals surface area contributed by atoms with E-state index >= 15 is 0 Å². The molecule has 0 atom stereocenters. The SMILES string of the molecule is CCCCC1COC(C2=CC=C(c3ccc(-c4cc(F)c(F)c(F)c4)c(F)c3)CC2)OC1. The maximum atomic E-state index is 14.7. The number of halogens is 4. The van der Waals surface area contributed by atoms with Crippen molar-refractivity contribution in [3.05, 3.63) is 76.9 Å². The van der Waals surface area contributed by atoms with Crippen LogP contribution in [0.25, 0.3) is 16.7 Å². The molecule has 32 heavy (non-hydrogen) atoms.